The van der Waals surface area contributed by atoms with Crippen LogP contribution in [0.25, 0.3) is 11.4 Å². The van der Waals surface area contributed by atoms with Crippen LogP contribution in [-0.4, -0.2) is 39.4 Å². The highest BCUT2D eigenvalue weighted by Crippen LogP contribution is 2.46. The highest BCUT2D eigenvalue weighted by Gasteiger charge is 2.44. The summed E-state index contributed by atoms with van der Waals surface area (Å²) in [5, 5.41) is 13.6. The van der Waals surface area contributed by atoms with Gasteiger partial charge in [0.1, 0.15) is 5.82 Å². The van der Waals surface area contributed by atoms with Gasteiger partial charge in [0.25, 0.3) is 0 Å². The zero-order valence-electron chi connectivity index (χ0n) is 12.7. The molecule has 4 rings (SSSR count). The van der Waals surface area contributed by atoms with E-state index >= 15 is 0 Å². The van der Waals surface area contributed by atoms with Gasteiger partial charge in [-0.15, -0.1) is 0 Å². The number of rotatable bonds is 3. The largest absolute Gasteiger partial charge is 0.393 e. The van der Waals surface area contributed by atoms with E-state index in [2.05, 4.69) is 26.9 Å². The lowest BCUT2D eigenvalue weighted by atomic mass is 10.1. The van der Waals surface area contributed by atoms with Crippen molar-refractivity contribution in [2.24, 2.45) is 0 Å². The molecule has 0 spiro atoms. The minimum absolute atomic E-state index is 0.0905. The zero-order valence-corrected chi connectivity index (χ0v) is 12.7. The van der Waals surface area contributed by atoms with E-state index in [9.17, 15) is 5.11 Å². The topological polar surface area (TPSA) is 75.3 Å². The zero-order chi connectivity index (χ0) is 15.2. The molecule has 0 unspecified atom stereocenters. The molecule has 22 heavy (non-hydrogen) atoms. The monoisotopic (exact) mass is 300 g/mol. The summed E-state index contributed by atoms with van der Waals surface area (Å²) in [6, 6.07) is 3.97. The first-order valence-electron chi connectivity index (χ1n) is 7.88. The van der Waals surface area contributed by atoms with Crippen LogP contribution in [0.4, 0.5) is 5.82 Å². The fourth-order valence-electron chi connectivity index (χ4n) is 2.79. The van der Waals surface area contributed by atoms with Gasteiger partial charge in [-0.3, -0.25) is 0 Å². The van der Waals surface area contributed by atoms with Crippen molar-refractivity contribution in [1.82, 2.24) is 15.1 Å². The molecule has 116 valence electrons. The molecule has 2 fully saturated rings. The minimum Gasteiger partial charge on any atom is -0.393 e. The number of hydrogen-bond acceptors (Lipinski definition) is 6. The highest BCUT2D eigenvalue weighted by molar-refractivity contribution is 5.56. The first kappa shape index (κ1) is 13.7. The van der Waals surface area contributed by atoms with Gasteiger partial charge in [-0.25, -0.2) is 4.98 Å². The Morgan fingerprint density at radius 3 is 2.68 bits per heavy atom. The van der Waals surface area contributed by atoms with Crippen molar-refractivity contribution in [1.29, 1.82) is 0 Å². The molecule has 0 amide bonds. The fourth-order valence-corrected chi connectivity index (χ4v) is 2.79. The molecular formula is C16H20N4O2. The molecule has 2 aromatic rings. The van der Waals surface area contributed by atoms with E-state index < -0.39 is 0 Å². The van der Waals surface area contributed by atoms with Crippen LogP contribution in [0.1, 0.15) is 38.5 Å². The number of aliphatic hydroxyl groups excluding tert-OH is 1. The highest BCUT2D eigenvalue weighted by atomic mass is 16.5. The van der Waals surface area contributed by atoms with Gasteiger partial charge in [0.2, 0.25) is 11.7 Å². The molecule has 1 saturated carbocycles. The normalized spacial score (nSPS) is 21.1. The molecule has 1 aliphatic carbocycles. The molecule has 0 bridgehead atoms. The first-order valence-corrected chi connectivity index (χ1v) is 7.88. The average molecular weight is 300 g/mol. The molecule has 1 saturated heterocycles. The van der Waals surface area contributed by atoms with E-state index in [-0.39, 0.29) is 11.5 Å². The Balaban J connectivity index is 1.50. The quantitative estimate of drug-likeness (QED) is 0.936. The summed E-state index contributed by atoms with van der Waals surface area (Å²) in [4.78, 5) is 11.2. The SMILES string of the molecule is CC1(c2nc(-c3ccc(N4CCC(O)CC4)nc3)no2)CC1. The second kappa shape index (κ2) is 5.05. The van der Waals surface area contributed by atoms with Crippen molar-refractivity contribution >= 4 is 5.82 Å². The van der Waals surface area contributed by atoms with Crippen LogP contribution in [0.5, 0.6) is 0 Å². The van der Waals surface area contributed by atoms with Crippen LogP contribution in [0, 0.1) is 0 Å². The van der Waals surface area contributed by atoms with Crippen molar-refractivity contribution in [3.63, 3.8) is 0 Å². The smallest absolute Gasteiger partial charge is 0.232 e. The molecule has 0 radical (unpaired) electrons. The summed E-state index contributed by atoms with van der Waals surface area (Å²) in [7, 11) is 0. The number of hydrogen-bond donors (Lipinski definition) is 1. The second-order valence-electron chi connectivity index (χ2n) is 6.61. The summed E-state index contributed by atoms with van der Waals surface area (Å²) in [6.45, 7) is 3.84. The number of aliphatic hydroxyl groups is 1. The van der Waals surface area contributed by atoms with Crippen molar-refractivity contribution < 1.29 is 9.63 Å². The number of pyridine rings is 1. The van der Waals surface area contributed by atoms with E-state index in [1.54, 1.807) is 6.20 Å². The van der Waals surface area contributed by atoms with Crippen LogP contribution in [-0.2, 0) is 5.41 Å². The summed E-state index contributed by atoms with van der Waals surface area (Å²) in [6.07, 6.45) is 5.47. The Hall–Kier alpha value is -1.95. The van der Waals surface area contributed by atoms with E-state index in [4.69, 9.17) is 4.52 Å². The lowest BCUT2D eigenvalue weighted by molar-refractivity contribution is 0.145. The van der Waals surface area contributed by atoms with Crippen LogP contribution in [0.2, 0.25) is 0 Å². The third-order valence-corrected chi connectivity index (χ3v) is 4.74. The third-order valence-electron chi connectivity index (χ3n) is 4.74. The van der Waals surface area contributed by atoms with E-state index in [0.717, 1.165) is 56.0 Å². The van der Waals surface area contributed by atoms with Crippen molar-refractivity contribution in [3.05, 3.63) is 24.2 Å². The predicted octanol–water partition coefficient (Wildman–Crippen LogP) is 2.14. The number of anilines is 1. The lowest BCUT2D eigenvalue weighted by Gasteiger charge is -2.30. The molecule has 2 aromatic heterocycles. The maximum Gasteiger partial charge on any atom is 0.232 e. The van der Waals surface area contributed by atoms with Gasteiger partial charge in [-0.05, 0) is 37.8 Å². The number of piperidine rings is 1. The average Bonchev–Trinajstić information content (AvgIpc) is 3.11. The van der Waals surface area contributed by atoms with Crippen LogP contribution >= 0.6 is 0 Å². The molecular weight excluding hydrogens is 280 g/mol. The molecule has 1 N–H and O–H groups in total. The molecule has 0 atom stereocenters. The maximum atomic E-state index is 9.57. The minimum atomic E-state index is -0.169. The fraction of sp³-hybridized carbons (Fsp3) is 0.562. The Labute approximate surface area is 129 Å². The first-order chi connectivity index (χ1) is 10.6. The third kappa shape index (κ3) is 2.47. The summed E-state index contributed by atoms with van der Waals surface area (Å²) in [5.41, 5.74) is 0.966. The molecule has 1 aliphatic heterocycles. The molecule has 2 aliphatic rings. The Morgan fingerprint density at radius 2 is 2.05 bits per heavy atom. The summed E-state index contributed by atoms with van der Waals surface area (Å²) < 4.78 is 5.38. The Bertz CT molecular complexity index is 655. The van der Waals surface area contributed by atoms with Crippen molar-refractivity contribution in [2.75, 3.05) is 18.0 Å². The van der Waals surface area contributed by atoms with E-state index in [0.29, 0.717) is 5.82 Å². The van der Waals surface area contributed by atoms with Gasteiger partial charge in [-0.2, -0.15) is 4.98 Å². The van der Waals surface area contributed by atoms with E-state index in [1.807, 2.05) is 12.1 Å². The summed E-state index contributed by atoms with van der Waals surface area (Å²) in [5.74, 6) is 2.28. The number of nitrogens with zero attached hydrogens (tertiary/aromatic N) is 4. The number of aromatic nitrogens is 3. The van der Waals surface area contributed by atoms with Gasteiger partial charge in [0.15, 0.2) is 0 Å². The van der Waals surface area contributed by atoms with Crippen molar-refractivity contribution in [3.8, 4) is 11.4 Å². The van der Waals surface area contributed by atoms with Crippen LogP contribution in [0.15, 0.2) is 22.9 Å². The van der Waals surface area contributed by atoms with Gasteiger partial charge < -0.3 is 14.5 Å². The van der Waals surface area contributed by atoms with Crippen molar-refractivity contribution in [2.45, 2.75) is 44.1 Å². The Kier molecular flexibility index (Phi) is 3.14. The van der Waals surface area contributed by atoms with Crippen LogP contribution < -0.4 is 4.90 Å². The Morgan fingerprint density at radius 1 is 1.27 bits per heavy atom. The molecule has 3 heterocycles. The lowest BCUT2D eigenvalue weighted by Crippen LogP contribution is -2.36. The van der Waals surface area contributed by atoms with Gasteiger partial charge in [-0.1, -0.05) is 12.1 Å². The molecule has 6 heteroatoms. The maximum absolute atomic E-state index is 9.57. The summed E-state index contributed by atoms with van der Waals surface area (Å²) >= 11 is 0. The van der Waals surface area contributed by atoms with Gasteiger partial charge in [0.05, 0.1) is 6.10 Å². The molecule has 0 aromatic carbocycles. The molecule has 6 nitrogen and oxygen atoms in total. The van der Waals surface area contributed by atoms with Gasteiger partial charge >= 0.3 is 0 Å². The second-order valence-corrected chi connectivity index (χ2v) is 6.61. The van der Waals surface area contributed by atoms with Gasteiger partial charge in [0, 0.05) is 30.3 Å². The van der Waals surface area contributed by atoms with E-state index in [1.165, 1.54) is 0 Å². The standard InChI is InChI=1S/C16H20N4O2/c1-16(6-7-16)15-18-14(19-22-15)11-2-3-13(17-10-11)20-8-4-12(21)5-9-20/h2-3,10,12,21H,4-9H2,1H3. The predicted molar refractivity (Wildman–Crippen MR) is 81.6 cm³/mol. The van der Waals surface area contributed by atoms with Crippen LogP contribution in [0.3, 0.4) is 0 Å².